The Morgan fingerprint density at radius 2 is 1.70 bits per heavy atom. The maximum Gasteiger partial charge on any atom is 0.338 e. The van der Waals surface area contributed by atoms with Crippen LogP contribution >= 0.6 is 0 Å². The summed E-state index contributed by atoms with van der Waals surface area (Å²) in [5.41, 5.74) is 3.38. The van der Waals surface area contributed by atoms with Crippen molar-refractivity contribution >= 4 is 17.8 Å². The predicted octanol–water partition coefficient (Wildman–Crippen LogP) is 2.45. The van der Waals surface area contributed by atoms with E-state index < -0.39 is 5.97 Å². The van der Waals surface area contributed by atoms with E-state index in [0.717, 1.165) is 16.7 Å². The Morgan fingerprint density at radius 3 is 2.33 bits per heavy atom. The van der Waals surface area contributed by atoms with Crippen LogP contribution in [0.3, 0.4) is 0 Å². The minimum absolute atomic E-state index is 0.119. The summed E-state index contributed by atoms with van der Waals surface area (Å²) in [4.78, 5) is 36.7. The number of hydrogen-bond acceptors (Lipinski definition) is 4. The van der Waals surface area contributed by atoms with Gasteiger partial charge in [0.15, 0.2) is 6.61 Å². The van der Waals surface area contributed by atoms with E-state index in [1.54, 1.807) is 31.3 Å². The number of rotatable bonds is 7. The Labute approximate surface area is 159 Å². The van der Waals surface area contributed by atoms with Crippen LogP contribution in [-0.2, 0) is 27.4 Å². The predicted molar refractivity (Wildman–Crippen MR) is 102 cm³/mol. The van der Waals surface area contributed by atoms with Gasteiger partial charge in [-0.3, -0.25) is 9.59 Å². The summed E-state index contributed by atoms with van der Waals surface area (Å²) in [7, 11) is 1.68. The smallest absolute Gasteiger partial charge is 0.338 e. The number of amides is 2. The number of hydrogen-bond donors (Lipinski definition) is 1. The zero-order valence-corrected chi connectivity index (χ0v) is 15.8. The van der Waals surface area contributed by atoms with E-state index >= 15 is 0 Å². The largest absolute Gasteiger partial charge is 0.452 e. The molecule has 2 aromatic rings. The number of carbonyl (C=O) groups excluding carboxylic acids is 3. The van der Waals surface area contributed by atoms with Crippen LogP contribution in [0.1, 0.15) is 34.0 Å². The van der Waals surface area contributed by atoms with Crippen molar-refractivity contribution in [3.63, 3.8) is 0 Å². The number of nitrogens with zero attached hydrogens (tertiary/aromatic N) is 1. The van der Waals surface area contributed by atoms with Crippen molar-refractivity contribution in [3.05, 3.63) is 70.8 Å². The molecule has 2 rings (SSSR count). The lowest BCUT2D eigenvalue weighted by molar-refractivity contribution is -0.133. The van der Waals surface area contributed by atoms with Crippen LogP contribution in [-0.4, -0.2) is 36.3 Å². The van der Waals surface area contributed by atoms with Crippen molar-refractivity contribution in [2.45, 2.75) is 26.9 Å². The molecule has 142 valence electrons. The normalized spacial score (nSPS) is 10.2. The average Bonchev–Trinajstić information content (AvgIpc) is 2.66. The second-order valence-electron chi connectivity index (χ2n) is 6.36. The Hall–Kier alpha value is -3.15. The maximum absolute atomic E-state index is 12.2. The third-order valence-corrected chi connectivity index (χ3v) is 4.15. The summed E-state index contributed by atoms with van der Waals surface area (Å²) >= 11 is 0. The minimum Gasteiger partial charge on any atom is -0.452 e. The Bertz CT molecular complexity index is 815. The Balaban J connectivity index is 1.84. The zero-order chi connectivity index (χ0) is 19.8. The quantitative estimate of drug-likeness (QED) is 0.762. The lowest BCUT2D eigenvalue weighted by atomic mass is 10.1. The van der Waals surface area contributed by atoms with Crippen LogP contribution in [0.2, 0.25) is 0 Å². The molecule has 0 fully saturated rings. The van der Waals surface area contributed by atoms with Crippen molar-refractivity contribution < 1.29 is 19.1 Å². The van der Waals surface area contributed by atoms with E-state index in [0.29, 0.717) is 18.7 Å². The Morgan fingerprint density at radius 1 is 1.04 bits per heavy atom. The lowest BCUT2D eigenvalue weighted by Gasteiger charge is -2.18. The highest BCUT2D eigenvalue weighted by Gasteiger charge is 2.14. The molecular formula is C21H24N2O4. The van der Waals surface area contributed by atoms with Crippen molar-refractivity contribution in [3.8, 4) is 0 Å². The van der Waals surface area contributed by atoms with Gasteiger partial charge in [-0.15, -0.1) is 0 Å². The van der Waals surface area contributed by atoms with E-state index in [-0.39, 0.29) is 18.4 Å². The van der Waals surface area contributed by atoms with Gasteiger partial charge in [0.25, 0.3) is 5.91 Å². The van der Waals surface area contributed by atoms with Gasteiger partial charge in [0.1, 0.15) is 0 Å². The van der Waals surface area contributed by atoms with Crippen LogP contribution in [0.15, 0.2) is 48.5 Å². The molecular weight excluding hydrogens is 344 g/mol. The number of carbonyl (C=O) groups is 3. The number of likely N-dealkylation sites (N-methyl/N-ethyl adjacent to an activating group) is 1. The van der Waals surface area contributed by atoms with E-state index in [9.17, 15) is 14.4 Å². The highest BCUT2D eigenvalue weighted by molar-refractivity contribution is 5.91. The molecule has 0 saturated carbocycles. The van der Waals surface area contributed by atoms with Crippen LogP contribution in [0, 0.1) is 6.92 Å². The average molecular weight is 368 g/mol. The molecule has 27 heavy (non-hydrogen) atoms. The first-order chi connectivity index (χ1) is 12.9. The highest BCUT2D eigenvalue weighted by atomic mass is 16.5. The first-order valence-corrected chi connectivity index (χ1v) is 8.66. The molecule has 0 aliphatic heterocycles. The fourth-order valence-corrected chi connectivity index (χ4v) is 2.44. The second kappa shape index (κ2) is 9.52. The van der Waals surface area contributed by atoms with Gasteiger partial charge in [-0.1, -0.05) is 36.4 Å². The molecule has 6 heteroatoms. The SMILES string of the molecule is CC(=O)NCc1ccc(C(=O)OCC(=O)N(C)Cc2ccccc2C)cc1. The second-order valence-corrected chi connectivity index (χ2v) is 6.36. The molecule has 0 aromatic heterocycles. The monoisotopic (exact) mass is 368 g/mol. The highest BCUT2D eigenvalue weighted by Crippen LogP contribution is 2.10. The molecule has 6 nitrogen and oxygen atoms in total. The fraction of sp³-hybridized carbons (Fsp3) is 0.286. The standard InChI is InChI=1S/C21H24N2O4/c1-15-6-4-5-7-19(15)13-23(3)20(25)14-27-21(26)18-10-8-17(9-11-18)12-22-16(2)24/h4-11H,12-14H2,1-3H3,(H,22,24). The first kappa shape index (κ1) is 20.2. The van der Waals surface area contributed by atoms with Gasteiger partial charge < -0.3 is 15.0 Å². The number of esters is 1. The number of ether oxygens (including phenoxy) is 1. The van der Waals surface area contributed by atoms with Gasteiger partial charge in [-0.25, -0.2) is 4.79 Å². The first-order valence-electron chi connectivity index (χ1n) is 8.66. The van der Waals surface area contributed by atoms with Crippen molar-refractivity contribution in [1.29, 1.82) is 0 Å². The minimum atomic E-state index is -0.557. The molecule has 0 unspecified atom stereocenters. The maximum atomic E-state index is 12.2. The number of nitrogens with one attached hydrogen (secondary N) is 1. The van der Waals surface area contributed by atoms with E-state index in [4.69, 9.17) is 4.74 Å². The van der Waals surface area contributed by atoms with E-state index in [1.807, 2.05) is 31.2 Å². The summed E-state index contributed by atoms with van der Waals surface area (Å²) in [6, 6.07) is 14.5. The Kier molecular flexibility index (Phi) is 7.11. The molecule has 1 N–H and O–H groups in total. The molecule has 0 radical (unpaired) electrons. The van der Waals surface area contributed by atoms with Crippen molar-refractivity contribution in [2.75, 3.05) is 13.7 Å². The van der Waals surface area contributed by atoms with Gasteiger partial charge in [-0.05, 0) is 35.7 Å². The molecule has 0 aliphatic carbocycles. The molecule has 2 aromatic carbocycles. The summed E-state index contributed by atoms with van der Waals surface area (Å²) in [5.74, 6) is -0.945. The molecule has 2 amide bonds. The van der Waals surface area contributed by atoms with Crippen LogP contribution in [0.25, 0.3) is 0 Å². The van der Waals surface area contributed by atoms with Crippen LogP contribution in [0.4, 0.5) is 0 Å². The number of benzene rings is 2. The molecule has 0 spiro atoms. The van der Waals surface area contributed by atoms with Crippen LogP contribution < -0.4 is 5.32 Å². The molecule has 0 atom stereocenters. The molecule has 0 saturated heterocycles. The van der Waals surface area contributed by atoms with E-state index in [1.165, 1.54) is 11.8 Å². The van der Waals surface area contributed by atoms with Gasteiger partial charge in [0.2, 0.25) is 5.91 Å². The van der Waals surface area contributed by atoms with Crippen molar-refractivity contribution in [1.82, 2.24) is 10.2 Å². The number of aryl methyl sites for hydroxylation is 1. The van der Waals surface area contributed by atoms with Gasteiger partial charge >= 0.3 is 5.97 Å². The topological polar surface area (TPSA) is 75.7 Å². The summed E-state index contributed by atoms with van der Waals surface area (Å²) in [6.07, 6.45) is 0. The van der Waals surface area contributed by atoms with Crippen LogP contribution in [0.5, 0.6) is 0 Å². The van der Waals surface area contributed by atoms with Gasteiger partial charge in [-0.2, -0.15) is 0 Å². The van der Waals surface area contributed by atoms with E-state index in [2.05, 4.69) is 5.32 Å². The lowest BCUT2D eigenvalue weighted by Crippen LogP contribution is -2.31. The summed E-state index contributed by atoms with van der Waals surface area (Å²) in [5, 5.41) is 2.68. The third kappa shape index (κ3) is 6.26. The fourth-order valence-electron chi connectivity index (χ4n) is 2.44. The summed E-state index contributed by atoms with van der Waals surface area (Å²) < 4.78 is 5.12. The molecule has 0 heterocycles. The van der Waals surface area contributed by atoms with Gasteiger partial charge in [0, 0.05) is 27.1 Å². The molecule has 0 bridgehead atoms. The summed E-state index contributed by atoms with van der Waals surface area (Å²) in [6.45, 7) is 3.98. The molecule has 0 aliphatic rings. The third-order valence-electron chi connectivity index (χ3n) is 4.15. The van der Waals surface area contributed by atoms with Gasteiger partial charge in [0.05, 0.1) is 5.56 Å². The zero-order valence-electron chi connectivity index (χ0n) is 15.8. The van der Waals surface area contributed by atoms with Crippen molar-refractivity contribution in [2.24, 2.45) is 0 Å².